The van der Waals surface area contributed by atoms with E-state index in [0.717, 1.165) is 11.3 Å². The number of halogens is 2. The second-order valence-corrected chi connectivity index (χ2v) is 6.68. The summed E-state index contributed by atoms with van der Waals surface area (Å²) in [5.74, 6) is -0.158. The first-order chi connectivity index (χ1) is 11.4. The van der Waals surface area contributed by atoms with Crippen molar-refractivity contribution in [1.82, 2.24) is 4.98 Å². The third-order valence-electron chi connectivity index (χ3n) is 3.30. The van der Waals surface area contributed by atoms with Gasteiger partial charge >= 0.3 is 0 Å². The number of amides is 1. The molecule has 2 aromatic heterocycles. The smallest absolute Gasteiger partial charge is 0.287 e. The molecule has 0 atom stereocenters. The molecule has 122 valence electrons. The first-order valence-corrected chi connectivity index (χ1v) is 8.25. The van der Waals surface area contributed by atoms with E-state index in [-0.39, 0.29) is 15.6 Å². The Morgan fingerprint density at radius 3 is 2.71 bits per heavy atom. The van der Waals surface area contributed by atoms with Gasteiger partial charge in [-0.2, -0.15) is 0 Å². The number of anilines is 1. The maximum atomic E-state index is 12.5. The number of carbonyl (C=O) groups excluding carboxylic acids is 1. The molecule has 0 aliphatic heterocycles. The van der Waals surface area contributed by atoms with Gasteiger partial charge in [0, 0.05) is 11.5 Å². The van der Waals surface area contributed by atoms with Crippen molar-refractivity contribution in [2.45, 2.75) is 6.92 Å². The zero-order valence-corrected chi connectivity index (χ0v) is 14.5. The van der Waals surface area contributed by atoms with Gasteiger partial charge in [0.05, 0.1) is 20.7 Å². The number of nitro benzene ring substituents is 1. The number of hydrogen-bond acceptors (Lipinski definition) is 5. The third-order valence-corrected chi connectivity index (χ3v) is 5.43. The maximum absolute atomic E-state index is 12.5. The second kappa shape index (κ2) is 6.35. The number of nitrogens with one attached hydrogen (secondary N) is 1. The van der Waals surface area contributed by atoms with Crippen molar-refractivity contribution >= 4 is 62.0 Å². The number of hydrogen-bond donors (Lipinski definition) is 1. The Labute approximate surface area is 150 Å². The normalized spacial score (nSPS) is 10.8. The number of aryl methyl sites for hydroxylation is 1. The number of nitrogens with zero attached hydrogens (tertiary/aromatic N) is 2. The first-order valence-electron chi connectivity index (χ1n) is 6.68. The summed E-state index contributed by atoms with van der Waals surface area (Å²) in [7, 11) is 0. The van der Waals surface area contributed by atoms with Crippen LogP contribution in [0.3, 0.4) is 0 Å². The number of carbonyl (C=O) groups is 1. The van der Waals surface area contributed by atoms with Gasteiger partial charge in [-0.25, -0.2) is 4.98 Å². The molecule has 3 aromatic rings. The van der Waals surface area contributed by atoms with Crippen LogP contribution < -0.4 is 5.32 Å². The highest BCUT2D eigenvalue weighted by Gasteiger charge is 2.23. The van der Waals surface area contributed by atoms with Crippen molar-refractivity contribution in [2.24, 2.45) is 0 Å². The lowest BCUT2D eigenvalue weighted by Gasteiger charge is -2.05. The number of non-ortho nitro benzene ring substituents is 1. The Kier molecular flexibility index (Phi) is 4.40. The van der Waals surface area contributed by atoms with E-state index in [9.17, 15) is 14.9 Å². The maximum Gasteiger partial charge on any atom is 0.287 e. The molecule has 0 bridgehead atoms. The Bertz CT molecular complexity index is 987. The van der Waals surface area contributed by atoms with Gasteiger partial charge in [-0.1, -0.05) is 35.3 Å². The van der Waals surface area contributed by atoms with Gasteiger partial charge < -0.3 is 5.32 Å². The summed E-state index contributed by atoms with van der Waals surface area (Å²) in [4.78, 5) is 27.4. The number of fused-ring (bicyclic) bond motifs is 1. The van der Waals surface area contributed by atoms with Crippen molar-refractivity contribution in [2.75, 3.05) is 5.32 Å². The van der Waals surface area contributed by atoms with Gasteiger partial charge in [0.1, 0.15) is 15.4 Å². The monoisotopic (exact) mass is 381 g/mol. The summed E-state index contributed by atoms with van der Waals surface area (Å²) in [5, 5.41) is 14.9. The minimum absolute atomic E-state index is 0.0843. The van der Waals surface area contributed by atoms with E-state index in [4.69, 9.17) is 23.2 Å². The fraction of sp³-hybridized carbons (Fsp3) is 0.0667. The minimum Gasteiger partial charge on any atom is -0.306 e. The highest BCUT2D eigenvalue weighted by atomic mass is 35.5. The van der Waals surface area contributed by atoms with E-state index in [1.807, 2.05) is 0 Å². The molecular weight excluding hydrogens is 373 g/mol. The molecule has 0 saturated heterocycles. The predicted octanol–water partition coefficient (Wildman–Crippen LogP) is 5.07. The Morgan fingerprint density at radius 2 is 2.04 bits per heavy atom. The van der Waals surface area contributed by atoms with Crippen LogP contribution in [-0.2, 0) is 0 Å². The molecule has 1 amide bonds. The average Bonchev–Trinajstić information content (AvgIpc) is 2.88. The summed E-state index contributed by atoms with van der Waals surface area (Å²) < 4.78 is 0.359. The SMILES string of the molecule is Cc1nc(NC(=O)c2sc3c([N+](=O)[O-])cccc3c2Cl)ccc1Cl. The van der Waals surface area contributed by atoms with Gasteiger partial charge in [-0.05, 0) is 19.1 Å². The Hall–Kier alpha value is -2.22. The molecule has 9 heteroatoms. The molecule has 0 aliphatic rings. The van der Waals surface area contributed by atoms with Crippen LogP contribution in [0.1, 0.15) is 15.4 Å². The van der Waals surface area contributed by atoms with Gasteiger partial charge in [-0.15, -0.1) is 11.3 Å². The number of rotatable bonds is 3. The number of nitro groups is 1. The van der Waals surface area contributed by atoms with Crippen LogP contribution in [0.5, 0.6) is 0 Å². The van der Waals surface area contributed by atoms with Crippen LogP contribution in [0, 0.1) is 17.0 Å². The zero-order valence-electron chi connectivity index (χ0n) is 12.2. The highest BCUT2D eigenvalue weighted by Crippen LogP contribution is 2.40. The molecule has 0 radical (unpaired) electrons. The lowest BCUT2D eigenvalue weighted by molar-refractivity contribution is -0.382. The average molecular weight is 382 g/mol. The van der Waals surface area contributed by atoms with Gasteiger partial charge in [0.25, 0.3) is 11.6 Å². The van der Waals surface area contributed by atoms with E-state index >= 15 is 0 Å². The van der Waals surface area contributed by atoms with Gasteiger partial charge in [0.2, 0.25) is 0 Å². The number of benzene rings is 1. The van der Waals surface area contributed by atoms with Crippen molar-refractivity contribution in [3.05, 3.63) is 61.1 Å². The molecule has 1 N–H and O–H groups in total. The summed E-state index contributed by atoms with van der Waals surface area (Å²) in [6.07, 6.45) is 0. The molecule has 0 fully saturated rings. The lowest BCUT2D eigenvalue weighted by Crippen LogP contribution is -2.12. The predicted molar refractivity (Wildman–Crippen MR) is 95.4 cm³/mol. The largest absolute Gasteiger partial charge is 0.306 e. The second-order valence-electron chi connectivity index (χ2n) is 4.87. The minimum atomic E-state index is -0.499. The summed E-state index contributed by atoms with van der Waals surface area (Å²) in [6, 6.07) is 7.74. The third kappa shape index (κ3) is 2.93. The number of aromatic nitrogens is 1. The van der Waals surface area contributed by atoms with Gasteiger partial charge in [-0.3, -0.25) is 14.9 Å². The number of thiophene rings is 1. The summed E-state index contributed by atoms with van der Waals surface area (Å²) >= 11 is 13.1. The molecule has 0 saturated carbocycles. The molecule has 0 aliphatic carbocycles. The molecule has 2 heterocycles. The van der Waals surface area contributed by atoms with E-state index in [1.54, 1.807) is 25.1 Å². The highest BCUT2D eigenvalue weighted by molar-refractivity contribution is 7.22. The quantitative estimate of drug-likeness (QED) is 0.506. The van der Waals surface area contributed by atoms with Crippen LogP contribution in [0.15, 0.2) is 30.3 Å². The van der Waals surface area contributed by atoms with Crippen molar-refractivity contribution in [3.8, 4) is 0 Å². The molecule has 1 aromatic carbocycles. The zero-order chi connectivity index (χ0) is 17.4. The molecule has 0 unspecified atom stereocenters. The Morgan fingerprint density at radius 1 is 1.29 bits per heavy atom. The van der Waals surface area contributed by atoms with Crippen molar-refractivity contribution < 1.29 is 9.72 Å². The van der Waals surface area contributed by atoms with E-state index in [1.165, 1.54) is 12.1 Å². The van der Waals surface area contributed by atoms with E-state index < -0.39 is 10.8 Å². The van der Waals surface area contributed by atoms with Crippen LogP contribution in [0.4, 0.5) is 11.5 Å². The molecule has 0 spiro atoms. The standard InChI is InChI=1S/C15H9Cl2N3O3S/c1-7-9(16)5-6-11(18-7)19-15(21)14-12(17)8-3-2-4-10(20(22)23)13(8)24-14/h2-6H,1H3,(H,18,19,21). The fourth-order valence-corrected chi connectivity index (χ4v) is 3.75. The molecule has 6 nitrogen and oxygen atoms in total. The molecular formula is C15H9Cl2N3O3S. The lowest BCUT2D eigenvalue weighted by atomic mass is 10.2. The van der Waals surface area contributed by atoms with Gasteiger partial charge in [0.15, 0.2) is 0 Å². The fourth-order valence-electron chi connectivity index (χ4n) is 2.15. The summed E-state index contributed by atoms with van der Waals surface area (Å²) in [6.45, 7) is 1.72. The van der Waals surface area contributed by atoms with E-state index in [0.29, 0.717) is 26.6 Å². The topological polar surface area (TPSA) is 85.1 Å². The van der Waals surface area contributed by atoms with Crippen LogP contribution in [0.2, 0.25) is 10.0 Å². The molecule has 24 heavy (non-hydrogen) atoms. The number of pyridine rings is 1. The Balaban J connectivity index is 2.01. The van der Waals surface area contributed by atoms with E-state index in [2.05, 4.69) is 10.3 Å². The van der Waals surface area contributed by atoms with Crippen molar-refractivity contribution in [1.29, 1.82) is 0 Å². The van der Waals surface area contributed by atoms with Crippen molar-refractivity contribution in [3.63, 3.8) is 0 Å². The summed E-state index contributed by atoms with van der Waals surface area (Å²) in [5.41, 5.74) is 0.492. The van der Waals surface area contributed by atoms with Crippen LogP contribution in [-0.4, -0.2) is 15.8 Å². The van der Waals surface area contributed by atoms with Crippen LogP contribution >= 0.6 is 34.5 Å². The molecule has 3 rings (SSSR count). The van der Waals surface area contributed by atoms with Crippen LogP contribution in [0.25, 0.3) is 10.1 Å². The first kappa shape index (κ1) is 16.6.